The smallest absolute Gasteiger partial charge is 0.335 e. The van der Waals surface area contributed by atoms with E-state index in [9.17, 15) is 26.7 Å². The van der Waals surface area contributed by atoms with Gasteiger partial charge in [-0.2, -0.15) is 13.2 Å². The highest BCUT2D eigenvalue weighted by Crippen LogP contribution is 2.28. The molecule has 3 rings (SSSR count). The van der Waals surface area contributed by atoms with E-state index in [-0.39, 0.29) is 38.0 Å². The topological polar surface area (TPSA) is 49.3 Å². The van der Waals surface area contributed by atoms with Crippen molar-refractivity contribution in [3.8, 4) is 0 Å². The predicted molar refractivity (Wildman–Crippen MR) is 81.0 cm³/mol. The van der Waals surface area contributed by atoms with Crippen LogP contribution in [0.1, 0.15) is 11.3 Å². The fourth-order valence-electron chi connectivity index (χ4n) is 2.56. The minimum absolute atomic E-state index is 0.0767. The van der Waals surface area contributed by atoms with Gasteiger partial charge in [0.15, 0.2) is 11.6 Å². The molecule has 1 fully saturated rings. The van der Waals surface area contributed by atoms with E-state index in [1.807, 2.05) is 0 Å². The average molecular weight is 372 g/mol. The zero-order valence-electron chi connectivity index (χ0n) is 13.3. The minimum atomic E-state index is -4.60. The third kappa shape index (κ3) is 3.89. The van der Waals surface area contributed by atoms with Crippen LogP contribution in [0.2, 0.25) is 0 Å². The van der Waals surface area contributed by atoms with Gasteiger partial charge in [-0.25, -0.2) is 18.7 Å². The van der Waals surface area contributed by atoms with Crippen LogP contribution in [0.25, 0.3) is 0 Å². The number of carbonyl (C=O) groups excluding carboxylic acids is 1. The molecule has 0 N–H and O–H groups in total. The van der Waals surface area contributed by atoms with Crippen LogP contribution in [0, 0.1) is 11.6 Å². The lowest BCUT2D eigenvalue weighted by Crippen LogP contribution is -2.50. The summed E-state index contributed by atoms with van der Waals surface area (Å²) in [6.45, 7) is 0.284. The van der Waals surface area contributed by atoms with Gasteiger partial charge in [-0.3, -0.25) is 4.79 Å². The molecule has 0 aliphatic carbocycles. The number of rotatable bonds is 3. The number of aromatic nitrogens is 2. The Labute approximate surface area is 145 Å². The maximum atomic E-state index is 13.3. The summed E-state index contributed by atoms with van der Waals surface area (Å²) in [6.07, 6.45) is -3.61. The van der Waals surface area contributed by atoms with Gasteiger partial charge in [-0.15, -0.1) is 0 Å². The summed E-state index contributed by atoms with van der Waals surface area (Å²) in [5.74, 6) is -2.54. The third-order valence-corrected chi connectivity index (χ3v) is 3.89. The molecule has 10 heteroatoms. The van der Waals surface area contributed by atoms with Crippen molar-refractivity contribution in [2.24, 2.45) is 0 Å². The summed E-state index contributed by atoms with van der Waals surface area (Å²) in [5, 5.41) is 0. The lowest BCUT2D eigenvalue weighted by atomic mass is 10.2. The number of anilines is 1. The maximum absolute atomic E-state index is 13.3. The van der Waals surface area contributed by atoms with E-state index >= 15 is 0 Å². The zero-order chi connectivity index (χ0) is 18.9. The van der Waals surface area contributed by atoms with E-state index in [1.165, 1.54) is 15.9 Å². The standard InChI is InChI=1S/C16H13F5N4O/c17-11-2-1-10(7-12(11)18)8-24-5-6-25(9-14(24)26)15-22-4-3-13(23-15)16(19,20)21/h1-4,7H,5-6,8-9H2. The number of hydrogen-bond acceptors (Lipinski definition) is 4. The van der Waals surface area contributed by atoms with Crippen molar-refractivity contribution in [3.05, 3.63) is 53.4 Å². The van der Waals surface area contributed by atoms with Crippen molar-refractivity contribution in [1.82, 2.24) is 14.9 Å². The van der Waals surface area contributed by atoms with E-state index in [4.69, 9.17) is 0 Å². The molecule has 0 atom stereocenters. The SMILES string of the molecule is O=C1CN(c2nccc(C(F)(F)F)n2)CCN1Cc1ccc(F)c(F)c1. The summed E-state index contributed by atoms with van der Waals surface area (Å²) >= 11 is 0. The summed E-state index contributed by atoms with van der Waals surface area (Å²) in [7, 11) is 0. The first kappa shape index (κ1) is 18.0. The zero-order valence-corrected chi connectivity index (χ0v) is 13.3. The van der Waals surface area contributed by atoms with Crippen molar-refractivity contribution in [3.63, 3.8) is 0 Å². The molecule has 1 aromatic heterocycles. The quantitative estimate of drug-likeness (QED) is 0.778. The van der Waals surface area contributed by atoms with Crippen LogP contribution in [-0.2, 0) is 17.5 Å². The fraction of sp³-hybridized carbons (Fsp3) is 0.312. The van der Waals surface area contributed by atoms with Crippen molar-refractivity contribution in [2.75, 3.05) is 24.5 Å². The lowest BCUT2D eigenvalue weighted by Gasteiger charge is -2.34. The first-order chi connectivity index (χ1) is 12.2. The lowest BCUT2D eigenvalue weighted by molar-refractivity contribution is -0.141. The summed E-state index contributed by atoms with van der Waals surface area (Å²) in [4.78, 5) is 22.3. The van der Waals surface area contributed by atoms with E-state index in [1.54, 1.807) is 0 Å². The summed E-state index contributed by atoms with van der Waals surface area (Å²) in [5.41, 5.74) is -0.666. The molecule has 0 bridgehead atoms. The highest BCUT2D eigenvalue weighted by Gasteiger charge is 2.34. The van der Waals surface area contributed by atoms with Gasteiger partial charge >= 0.3 is 6.18 Å². The Balaban J connectivity index is 1.69. The Bertz CT molecular complexity index is 827. The number of benzene rings is 1. The van der Waals surface area contributed by atoms with E-state index in [2.05, 4.69) is 9.97 Å². The number of amides is 1. The molecule has 26 heavy (non-hydrogen) atoms. The first-order valence-corrected chi connectivity index (χ1v) is 7.61. The van der Waals surface area contributed by atoms with Gasteiger partial charge in [0.05, 0.1) is 0 Å². The first-order valence-electron chi connectivity index (χ1n) is 7.61. The van der Waals surface area contributed by atoms with E-state index in [0.717, 1.165) is 24.4 Å². The molecule has 0 radical (unpaired) electrons. The number of nitrogens with zero attached hydrogens (tertiary/aromatic N) is 4. The van der Waals surface area contributed by atoms with Crippen LogP contribution < -0.4 is 4.90 Å². The van der Waals surface area contributed by atoms with Crippen molar-refractivity contribution >= 4 is 11.9 Å². The fourth-order valence-corrected chi connectivity index (χ4v) is 2.56. The Morgan fingerprint density at radius 3 is 2.50 bits per heavy atom. The Kier molecular flexibility index (Phi) is 4.75. The Hall–Kier alpha value is -2.78. The van der Waals surface area contributed by atoms with Crippen LogP contribution in [0.15, 0.2) is 30.5 Å². The molecule has 1 aliphatic heterocycles. The number of alkyl halides is 3. The van der Waals surface area contributed by atoms with E-state index in [0.29, 0.717) is 5.56 Å². The highest BCUT2D eigenvalue weighted by molar-refractivity contribution is 5.82. The Morgan fingerprint density at radius 2 is 1.85 bits per heavy atom. The van der Waals surface area contributed by atoms with Crippen LogP contribution in [0.5, 0.6) is 0 Å². The van der Waals surface area contributed by atoms with Gasteiger partial charge in [-0.1, -0.05) is 6.07 Å². The van der Waals surface area contributed by atoms with Crippen molar-refractivity contribution in [1.29, 1.82) is 0 Å². The number of piperazine rings is 1. The number of halogens is 5. The van der Waals surface area contributed by atoms with Gasteiger partial charge < -0.3 is 9.80 Å². The van der Waals surface area contributed by atoms with Crippen molar-refractivity contribution < 1.29 is 26.7 Å². The molecule has 2 heterocycles. The molecule has 0 unspecified atom stereocenters. The summed E-state index contributed by atoms with van der Waals surface area (Å²) < 4.78 is 64.4. The van der Waals surface area contributed by atoms with Crippen LogP contribution >= 0.6 is 0 Å². The molecule has 1 saturated heterocycles. The van der Waals surface area contributed by atoms with Crippen LogP contribution in [0.4, 0.5) is 27.9 Å². The van der Waals surface area contributed by atoms with Crippen LogP contribution in [-0.4, -0.2) is 40.4 Å². The van der Waals surface area contributed by atoms with E-state index < -0.39 is 23.5 Å². The van der Waals surface area contributed by atoms with Gasteiger partial charge in [0, 0.05) is 25.8 Å². The van der Waals surface area contributed by atoms with Gasteiger partial charge in [0.2, 0.25) is 11.9 Å². The van der Waals surface area contributed by atoms with Gasteiger partial charge in [0.25, 0.3) is 0 Å². The molecule has 1 amide bonds. The molecule has 5 nitrogen and oxygen atoms in total. The largest absolute Gasteiger partial charge is 0.433 e. The minimum Gasteiger partial charge on any atom is -0.335 e. The second-order valence-corrected chi connectivity index (χ2v) is 5.72. The van der Waals surface area contributed by atoms with Crippen molar-refractivity contribution in [2.45, 2.75) is 12.7 Å². The molecule has 1 aromatic carbocycles. The molecule has 2 aromatic rings. The molecular formula is C16H13F5N4O. The maximum Gasteiger partial charge on any atom is 0.433 e. The number of carbonyl (C=O) groups is 1. The third-order valence-electron chi connectivity index (χ3n) is 3.89. The predicted octanol–water partition coefficient (Wildman–Crippen LogP) is 2.62. The van der Waals surface area contributed by atoms with Gasteiger partial charge in [-0.05, 0) is 23.8 Å². The molecule has 0 spiro atoms. The summed E-state index contributed by atoms with van der Waals surface area (Å²) in [6, 6.07) is 4.10. The molecule has 0 saturated carbocycles. The van der Waals surface area contributed by atoms with Gasteiger partial charge in [0.1, 0.15) is 12.2 Å². The molecule has 1 aliphatic rings. The second kappa shape index (κ2) is 6.85. The second-order valence-electron chi connectivity index (χ2n) is 5.72. The Morgan fingerprint density at radius 1 is 1.08 bits per heavy atom. The average Bonchev–Trinajstić information content (AvgIpc) is 2.59. The monoisotopic (exact) mass is 372 g/mol. The molecule has 138 valence electrons. The molecular weight excluding hydrogens is 359 g/mol. The van der Waals surface area contributed by atoms with Crippen LogP contribution in [0.3, 0.4) is 0 Å². The number of hydrogen-bond donors (Lipinski definition) is 0. The normalized spacial score (nSPS) is 15.5. The highest BCUT2D eigenvalue weighted by atomic mass is 19.4.